The molecule has 3 heterocycles. The number of anilines is 2. The van der Waals surface area contributed by atoms with E-state index in [9.17, 15) is 0 Å². The monoisotopic (exact) mass is 391 g/mol. The van der Waals surface area contributed by atoms with Gasteiger partial charge in [0.15, 0.2) is 22.1 Å². The highest BCUT2D eigenvalue weighted by Gasteiger charge is 2.22. The van der Waals surface area contributed by atoms with E-state index >= 15 is 0 Å². The van der Waals surface area contributed by atoms with Gasteiger partial charge >= 0.3 is 0 Å². The summed E-state index contributed by atoms with van der Waals surface area (Å²) >= 11 is 7.53. The van der Waals surface area contributed by atoms with E-state index in [1.807, 2.05) is 16.9 Å². The Kier molecular flexibility index (Phi) is 4.88. The van der Waals surface area contributed by atoms with Crippen LogP contribution in [0.5, 0.6) is 5.75 Å². The first-order valence-electron chi connectivity index (χ1n) is 8.20. The van der Waals surface area contributed by atoms with Crippen molar-refractivity contribution in [2.24, 2.45) is 0 Å². The molecule has 0 amide bonds. The van der Waals surface area contributed by atoms with Crippen LogP contribution in [0.4, 0.5) is 11.5 Å². The Labute approximate surface area is 160 Å². The second kappa shape index (κ2) is 7.30. The quantitative estimate of drug-likeness (QED) is 0.514. The SMILES string of the molecule is COc1cc(Cl)ccc1Nc1nc(SC)nc2c1ncn2C1CCCO1. The molecule has 1 saturated heterocycles. The van der Waals surface area contributed by atoms with E-state index in [1.54, 1.807) is 25.6 Å². The lowest BCUT2D eigenvalue weighted by atomic mass is 10.3. The van der Waals surface area contributed by atoms with Gasteiger partial charge in [-0.2, -0.15) is 0 Å². The third-order valence-corrected chi connectivity index (χ3v) is 5.00. The van der Waals surface area contributed by atoms with Crippen LogP contribution < -0.4 is 10.1 Å². The number of fused-ring (bicyclic) bond motifs is 1. The number of aromatic nitrogens is 4. The standard InChI is InChI=1S/C17H18ClN5O2S/c1-24-12-8-10(18)5-6-11(12)20-15-14-16(22-17(21-15)26-2)23(9-19-14)13-4-3-7-25-13/h5-6,8-9,13H,3-4,7H2,1-2H3,(H,20,21,22). The number of hydrogen-bond donors (Lipinski definition) is 1. The molecule has 1 unspecified atom stereocenters. The largest absolute Gasteiger partial charge is 0.495 e. The van der Waals surface area contributed by atoms with Gasteiger partial charge in [-0.25, -0.2) is 15.0 Å². The summed E-state index contributed by atoms with van der Waals surface area (Å²) in [5.41, 5.74) is 2.21. The van der Waals surface area contributed by atoms with Crippen molar-refractivity contribution in [1.82, 2.24) is 19.5 Å². The molecule has 0 aliphatic carbocycles. The molecule has 2 aromatic heterocycles. The zero-order chi connectivity index (χ0) is 18.1. The Morgan fingerprint density at radius 2 is 2.27 bits per heavy atom. The summed E-state index contributed by atoms with van der Waals surface area (Å²) in [7, 11) is 1.60. The molecule has 0 saturated carbocycles. The van der Waals surface area contributed by atoms with Crippen LogP contribution in [-0.2, 0) is 4.74 Å². The highest BCUT2D eigenvalue weighted by atomic mass is 35.5. The van der Waals surface area contributed by atoms with Crippen LogP contribution in [0.3, 0.4) is 0 Å². The minimum Gasteiger partial charge on any atom is -0.495 e. The van der Waals surface area contributed by atoms with Crippen LogP contribution in [0.1, 0.15) is 19.1 Å². The molecule has 7 nitrogen and oxygen atoms in total. The number of imidazole rings is 1. The Morgan fingerprint density at radius 1 is 1.38 bits per heavy atom. The molecule has 1 aliphatic heterocycles. The van der Waals surface area contributed by atoms with Gasteiger partial charge in [-0.15, -0.1) is 0 Å². The van der Waals surface area contributed by atoms with Crippen molar-refractivity contribution in [1.29, 1.82) is 0 Å². The Hall–Kier alpha value is -2.03. The van der Waals surface area contributed by atoms with Crippen LogP contribution in [0.15, 0.2) is 29.7 Å². The van der Waals surface area contributed by atoms with E-state index in [-0.39, 0.29) is 6.23 Å². The van der Waals surface area contributed by atoms with Gasteiger partial charge in [-0.1, -0.05) is 23.4 Å². The van der Waals surface area contributed by atoms with E-state index in [4.69, 9.17) is 21.1 Å². The van der Waals surface area contributed by atoms with E-state index < -0.39 is 0 Å². The summed E-state index contributed by atoms with van der Waals surface area (Å²) in [6, 6.07) is 5.40. The smallest absolute Gasteiger partial charge is 0.191 e. The predicted octanol–water partition coefficient (Wildman–Crippen LogP) is 4.26. The van der Waals surface area contributed by atoms with Crippen LogP contribution >= 0.6 is 23.4 Å². The number of halogens is 1. The number of rotatable bonds is 5. The maximum atomic E-state index is 6.05. The zero-order valence-electron chi connectivity index (χ0n) is 14.4. The number of nitrogens with one attached hydrogen (secondary N) is 1. The van der Waals surface area contributed by atoms with E-state index in [0.717, 1.165) is 30.8 Å². The van der Waals surface area contributed by atoms with Gasteiger partial charge < -0.3 is 14.8 Å². The van der Waals surface area contributed by atoms with Crippen LogP contribution in [0.2, 0.25) is 5.02 Å². The molecule has 136 valence electrons. The van der Waals surface area contributed by atoms with E-state index in [2.05, 4.69) is 20.3 Å². The first-order valence-corrected chi connectivity index (χ1v) is 9.80. The second-order valence-electron chi connectivity index (χ2n) is 5.82. The fourth-order valence-corrected chi connectivity index (χ4v) is 3.48. The van der Waals surface area contributed by atoms with Gasteiger partial charge in [0.1, 0.15) is 12.0 Å². The molecule has 1 N–H and O–H groups in total. The highest BCUT2D eigenvalue weighted by Crippen LogP contribution is 2.34. The summed E-state index contributed by atoms with van der Waals surface area (Å²) in [5, 5.41) is 4.57. The minimum absolute atomic E-state index is 0.0254. The Balaban J connectivity index is 1.79. The van der Waals surface area contributed by atoms with Gasteiger partial charge in [-0.05, 0) is 31.2 Å². The van der Waals surface area contributed by atoms with Crippen LogP contribution in [0, 0.1) is 0 Å². The lowest BCUT2D eigenvalue weighted by Gasteiger charge is -2.14. The molecule has 1 aromatic carbocycles. The fraction of sp³-hybridized carbons (Fsp3) is 0.353. The molecule has 4 rings (SSSR count). The number of benzene rings is 1. The molecule has 26 heavy (non-hydrogen) atoms. The van der Waals surface area contributed by atoms with Crippen molar-refractivity contribution in [3.8, 4) is 5.75 Å². The molecule has 9 heteroatoms. The van der Waals surface area contributed by atoms with E-state index in [0.29, 0.717) is 27.3 Å². The maximum Gasteiger partial charge on any atom is 0.191 e. The molecule has 0 radical (unpaired) electrons. The van der Waals surface area contributed by atoms with E-state index in [1.165, 1.54) is 11.8 Å². The Morgan fingerprint density at radius 3 is 3.00 bits per heavy atom. The minimum atomic E-state index is -0.0254. The average molecular weight is 392 g/mol. The highest BCUT2D eigenvalue weighted by molar-refractivity contribution is 7.98. The van der Waals surface area contributed by atoms with Gasteiger partial charge in [0.2, 0.25) is 0 Å². The van der Waals surface area contributed by atoms with Gasteiger partial charge in [0.25, 0.3) is 0 Å². The van der Waals surface area contributed by atoms with Crippen molar-refractivity contribution < 1.29 is 9.47 Å². The molecule has 1 aliphatic rings. The molecule has 1 atom stereocenters. The third kappa shape index (κ3) is 3.20. The number of methoxy groups -OCH3 is 1. The van der Waals surface area contributed by atoms with Crippen molar-refractivity contribution >= 4 is 46.0 Å². The topological polar surface area (TPSA) is 74.1 Å². The van der Waals surface area contributed by atoms with Gasteiger partial charge in [-0.3, -0.25) is 4.57 Å². The molecule has 0 bridgehead atoms. The lowest BCUT2D eigenvalue weighted by molar-refractivity contribution is 0.0592. The van der Waals surface area contributed by atoms with Gasteiger partial charge in [0, 0.05) is 17.7 Å². The maximum absolute atomic E-state index is 6.05. The summed E-state index contributed by atoms with van der Waals surface area (Å²) in [4.78, 5) is 13.8. The molecular formula is C17H18ClN5O2S. The summed E-state index contributed by atoms with van der Waals surface area (Å²) in [5.74, 6) is 1.25. The van der Waals surface area contributed by atoms with Crippen molar-refractivity contribution in [2.75, 3.05) is 25.3 Å². The average Bonchev–Trinajstić information content (AvgIpc) is 3.32. The zero-order valence-corrected chi connectivity index (χ0v) is 16.0. The summed E-state index contributed by atoms with van der Waals surface area (Å²) in [6.07, 6.45) is 5.68. The number of ether oxygens (including phenoxy) is 2. The normalized spacial score (nSPS) is 17.0. The summed E-state index contributed by atoms with van der Waals surface area (Å²) in [6.45, 7) is 0.762. The van der Waals surface area contributed by atoms with Crippen molar-refractivity contribution in [3.63, 3.8) is 0 Å². The first kappa shape index (κ1) is 17.4. The first-order chi connectivity index (χ1) is 12.7. The predicted molar refractivity (Wildman–Crippen MR) is 103 cm³/mol. The Bertz CT molecular complexity index is 942. The number of thioether (sulfide) groups is 1. The van der Waals surface area contributed by atoms with Crippen molar-refractivity contribution in [2.45, 2.75) is 24.2 Å². The molecule has 0 spiro atoms. The molecule has 1 fully saturated rings. The van der Waals surface area contributed by atoms with Gasteiger partial charge in [0.05, 0.1) is 19.1 Å². The number of nitrogens with zero attached hydrogens (tertiary/aromatic N) is 4. The third-order valence-electron chi connectivity index (χ3n) is 4.22. The van der Waals surface area contributed by atoms with Crippen LogP contribution in [0.25, 0.3) is 11.2 Å². The summed E-state index contributed by atoms with van der Waals surface area (Å²) < 4.78 is 13.2. The number of hydrogen-bond acceptors (Lipinski definition) is 7. The molecular weight excluding hydrogens is 374 g/mol. The van der Waals surface area contributed by atoms with Crippen LogP contribution in [-0.4, -0.2) is 39.5 Å². The second-order valence-corrected chi connectivity index (χ2v) is 7.03. The van der Waals surface area contributed by atoms with Crippen molar-refractivity contribution in [3.05, 3.63) is 29.5 Å². The molecule has 3 aromatic rings. The fourth-order valence-electron chi connectivity index (χ4n) is 2.96. The lowest BCUT2D eigenvalue weighted by Crippen LogP contribution is -2.07.